The van der Waals surface area contributed by atoms with E-state index in [2.05, 4.69) is 120 Å². The Morgan fingerprint density at radius 3 is 0.890 bits per heavy atom. The summed E-state index contributed by atoms with van der Waals surface area (Å²) >= 11 is 29.2. The minimum atomic E-state index is -0.506. The van der Waals surface area contributed by atoms with Gasteiger partial charge < -0.3 is 0 Å². The molecule has 0 unspecified atom stereocenters. The number of nitrogens with zero attached hydrogens (tertiary/aromatic N) is 1. The predicted molar refractivity (Wildman–Crippen MR) is 316 cm³/mol. The summed E-state index contributed by atoms with van der Waals surface area (Å²) in [4.78, 5) is 3.93. The van der Waals surface area contributed by atoms with Crippen molar-refractivity contribution < 1.29 is 13.2 Å². The van der Waals surface area contributed by atoms with Crippen LogP contribution in [0.3, 0.4) is 0 Å². The van der Waals surface area contributed by atoms with Gasteiger partial charge in [0.05, 0.1) is 0 Å². The van der Waals surface area contributed by atoms with Crippen LogP contribution >= 0.6 is 58.0 Å². The zero-order valence-electron chi connectivity index (χ0n) is 45.9. The summed E-state index contributed by atoms with van der Waals surface area (Å²) in [5, 5.41) is 3.93. The van der Waals surface area contributed by atoms with Gasteiger partial charge in [0.2, 0.25) is 0 Å². The van der Waals surface area contributed by atoms with E-state index in [1.807, 2.05) is 99.0 Å². The first-order chi connectivity index (χ1) is 34.1. The fourth-order valence-electron chi connectivity index (χ4n) is 6.49. The van der Waals surface area contributed by atoms with Crippen molar-refractivity contribution in [3.05, 3.63) is 238 Å². The van der Waals surface area contributed by atoms with Crippen LogP contribution < -0.4 is 0 Å². The highest BCUT2D eigenvalue weighted by Crippen LogP contribution is 2.25. The smallest absolute Gasteiger partial charge is 0.126 e. The van der Waals surface area contributed by atoms with Gasteiger partial charge in [0, 0.05) is 43.6 Å². The Balaban J connectivity index is 0.000000426. The van der Waals surface area contributed by atoms with Crippen molar-refractivity contribution >= 4 is 58.0 Å². The van der Waals surface area contributed by atoms with Gasteiger partial charge >= 0.3 is 0 Å². The monoisotopic (exact) mass is 1090 g/mol. The van der Waals surface area contributed by atoms with E-state index in [1.165, 1.54) is 57.1 Å². The number of pyridine rings is 1. The van der Waals surface area contributed by atoms with Crippen LogP contribution in [0.4, 0.5) is 13.2 Å². The number of benzene rings is 6. The molecule has 7 aromatic rings. The lowest BCUT2D eigenvalue weighted by Gasteiger charge is -2.06. The summed E-state index contributed by atoms with van der Waals surface area (Å²) in [6.07, 6.45) is 3.66. The van der Waals surface area contributed by atoms with Crippen molar-refractivity contribution in [2.75, 3.05) is 0 Å². The van der Waals surface area contributed by atoms with E-state index in [-0.39, 0.29) is 11.7 Å². The van der Waals surface area contributed by atoms with Crippen LogP contribution in [0, 0.1) is 31.3 Å². The van der Waals surface area contributed by atoms with E-state index in [0.717, 1.165) is 26.7 Å². The molecule has 1 aromatic heterocycles. The minimum Gasteiger partial charge on any atom is -0.265 e. The normalized spacial score (nSPS) is 10.5. The lowest BCUT2D eigenvalue weighted by molar-refractivity contribution is 0.577. The van der Waals surface area contributed by atoms with Gasteiger partial charge in [0.15, 0.2) is 0 Å². The van der Waals surface area contributed by atoms with Gasteiger partial charge in [-0.2, -0.15) is 0 Å². The van der Waals surface area contributed by atoms with Gasteiger partial charge in [-0.3, -0.25) is 4.98 Å². The van der Waals surface area contributed by atoms with Gasteiger partial charge in [-0.1, -0.05) is 191 Å². The third-order valence-electron chi connectivity index (χ3n) is 11.0. The maximum Gasteiger partial charge on any atom is 0.126 e. The molecule has 0 aliphatic heterocycles. The topological polar surface area (TPSA) is 12.9 Å². The molecular formula is C64H79Cl5F3N. The second-order valence-electron chi connectivity index (χ2n) is 20.0. The van der Waals surface area contributed by atoms with Gasteiger partial charge in [-0.25, -0.2) is 13.2 Å². The molecule has 0 spiro atoms. The number of aromatic nitrogens is 1. The highest BCUT2D eigenvalue weighted by Gasteiger charge is 2.05. The number of rotatable bonds is 7. The molecule has 0 atom stereocenters. The van der Waals surface area contributed by atoms with E-state index in [4.69, 9.17) is 58.0 Å². The third-order valence-corrected chi connectivity index (χ3v) is 12.1. The Morgan fingerprint density at radius 2 is 0.589 bits per heavy atom. The second kappa shape index (κ2) is 35.1. The first-order valence-corrected chi connectivity index (χ1v) is 26.8. The molecule has 0 aliphatic rings. The van der Waals surface area contributed by atoms with E-state index in [9.17, 15) is 13.2 Å². The summed E-state index contributed by atoms with van der Waals surface area (Å²) in [6.45, 7) is 33.6. The quantitative estimate of drug-likeness (QED) is 0.155. The number of hydrogen-bond acceptors (Lipinski definition) is 1. The maximum atomic E-state index is 12.5. The molecule has 0 bridgehead atoms. The van der Waals surface area contributed by atoms with Gasteiger partial charge in [-0.15, -0.1) is 0 Å². The lowest BCUT2D eigenvalue weighted by Crippen LogP contribution is -1.90. The summed E-state index contributed by atoms with van der Waals surface area (Å²) in [5.41, 5.74) is 10.7. The Hall–Kier alpha value is -4.29. The van der Waals surface area contributed by atoms with Crippen molar-refractivity contribution in [2.45, 2.75) is 152 Å². The average molecular weight is 1100 g/mol. The molecule has 1 heterocycles. The van der Waals surface area contributed by atoms with E-state index in [0.29, 0.717) is 51.1 Å². The number of halogens is 8. The Labute approximate surface area is 463 Å². The second-order valence-corrected chi connectivity index (χ2v) is 22.2. The Kier molecular flexibility index (Phi) is 32.0. The van der Waals surface area contributed by atoms with E-state index >= 15 is 0 Å². The van der Waals surface area contributed by atoms with Crippen LogP contribution in [-0.2, 0) is 0 Å². The van der Waals surface area contributed by atoms with Crippen molar-refractivity contribution in [1.82, 2.24) is 4.98 Å². The van der Waals surface area contributed by atoms with Gasteiger partial charge in [0.1, 0.15) is 17.5 Å². The first-order valence-electron chi connectivity index (χ1n) is 24.9. The molecule has 0 radical (unpaired) electrons. The van der Waals surface area contributed by atoms with Crippen molar-refractivity contribution in [2.24, 2.45) is 0 Å². The van der Waals surface area contributed by atoms with Crippen LogP contribution in [-0.4, -0.2) is 4.98 Å². The number of aryl methyl sites for hydroxylation is 2. The van der Waals surface area contributed by atoms with Crippen LogP contribution in [0.15, 0.2) is 146 Å². The van der Waals surface area contributed by atoms with Gasteiger partial charge in [0.25, 0.3) is 0 Å². The standard InChI is InChI=1S/2C10H13Cl.C9H10Cl2.C9H11Cl.C9H10F2.C9H11F.C8H11N/c2*1-7(2)9-4-8(3)5-10(11)6-9;1-6(2)7-3-8(10)5-9(11)4-7;1-7(2)8-4-3-5-9(10)6-8;1-6(2)7-3-8(10)5-9(11)4-7;1-7(2)8-4-3-5-9(10)6-8;1-7(2)8-3-5-9-6-4-8/h2*4-7H,1-3H3;3-6H,1-2H3;3-7H,1-2H3;3-6H,1-2H3;3-7H,1-2H3;3-7H,1-2H3. The van der Waals surface area contributed by atoms with Crippen LogP contribution in [0.25, 0.3) is 0 Å². The summed E-state index contributed by atoms with van der Waals surface area (Å²) in [6, 6.07) is 40.4. The Bertz CT molecular complexity index is 2290. The molecule has 0 saturated carbocycles. The summed E-state index contributed by atoms with van der Waals surface area (Å²) < 4.78 is 37.6. The molecule has 6 aromatic carbocycles. The SMILES string of the molecule is CC(C)c1cc(Cl)cc(Cl)c1.CC(C)c1cc(F)cc(F)c1.CC(C)c1cccc(Cl)c1.CC(C)c1cccc(F)c1.CC(C)c1ccncc1.Cc1cc(Cl)cc(C(C)C)c1.Cc1cc(Cl)cc(C(C)C)c1. The summed E-state index contributed by atoms with van der Waals surface area (Å²) in [7, 11) is 0. The molecule has 9 heteroatoms. The zero-order valence-corrected chi connectivity index (χ0v) is 49.6. The fraction of sp³-hybridized carbons (Fsp3) is 0.359. The molecule has 396 valence electrons. The summed E-state index contributed by atoms with van der Waals surface area (Å²) in [5.74, 6) is 2.21. The molecule has 73 heavy (non-hydrogen) atoms. The first kappa shape index (κ1) is 66.7. The molecule has 0 fully saturated rings. The zero-order chi connectivity index (χ0) is 55.5. The fourth-order valence-corrected chi connectivity index (χ4v) is 7.83. The largest absolute Gasteiger partial charge is 0.265 e. The average Bonchev–Trinajstić information content (AvgIpc) is 3.29. The lowest BCUT2D eigenvalue weighted by atomic mass is 10.0. The molecular weight excluding hydrogens is 1020 g/mol. The minimum absolute atomic E-state index is 0.147. The number of hydrogen-bond donors (Lipinski definition) is 0. The molecule has 0 aliphatic carbocycles. The third kappa shape index (κ3) is 29.4. The van der Waals surface area contributed by atoms with Gasteiger partial charge in [-0.05, 0) is 196 Å². The molecule has 0 N–H and O–H groups in total. The molecule has 0 saturated heterocycles. The van der Waals surface area contributed by atoms with E-state index in [1.54, 1.807) is 18.2 Å². The van der Waals surface area contributed by atoms with Crippen molar-refractivity contribution in [3.63, 3.8) is 0 Å². The maximum absolute atomic E-state index is 12.5. The van der Waals surface area contributed by atoms with Crippen LogP contribution in [0.1, 0.15) is 188 Å². The highest BCUT2D eigenvalue weighted by atomic mass is 35.5. The van der Waals surface area contributed by atoms with Crippen LogP contribution in [0.5, 0.6) is 0 Å². The molecule has 7 rings (SSSR count). The van der Waals surface area contributed by atoms with Crippen molar-refractivity contribution in [1.29, 1.82) is 0 Å². The molecule has 0 amide bonds. The van der Waals surface area contributed by atoms with E-state index < -0.39 is 11.6 Å². The predicted octanol–water partition coefficient (Wildman–Crippen LogP) is 23.4. The van der Waals surface area contributed by atoms with Crippen LogP contribution in [0.2, 0.25) is 25.1 Å². The molecule has 1 nitrogen and oxygen atoms in total. The Morgan fingerprint density at radius 1 is 0.288 bits per heavy atom. The van der Waals surface area contributed by atoms with Crippen molar-refractivity contribution in [3.8, 4) is 0 Å². The highest BCUT2D eigenvalue weighted by molar-refractivity contribution is 6.34.